The van der Waals surface area contributed by atoms with E-state index in [1.54, 1.807) is 7.11 Å². The van der Waals surface area contributed by atoms with Crippen molar-refractivity contribution < 1.29 is 4.74 Å². The SMILES string of the molecule is COCC(C)N(C)c1nc(C)cc(Nc2cc(C)cc(C)c2)n1. The molecule has 0 aliphatic heterocycles. The summed E-state index contributed by atoms with van der Waals surface area (Å²) in [6, 6.07) is 8.54. The van der Waals surface area contributed by atoms with Gasteiger partial charge in [-0.1, -0.05) is 6.07 Å². The second-order valence-electron chi connectivity index (χ2n) is 6.11. The number of rotatable bonds is 6. The molecule has 2 aromatic rings. The summed E-state index contributed by atoms with van der Waals surface area (Å²) >= 11 is 0. The molecular formula is C18H26N4O. The van der Waals surface area contributed by atoms with Gasteiger partial charge in [0.2, 0.25) is 5.95 Å². The van der Waals surface area contributed by atoms with Gasteiger partial charge in [0, 0.05) is 31.6 Å². The Morgan fingerprint density at radius 3 is 2.35 bits per heavy atom. The molecule has 0 radical (unpaired) electrons. The van der Waals surface area contributed by atoms with Crippen LogP contribution < -0.4 is 10.2 Å². The Kier molecular flexibility index (Phi) is 5.55. The first-order valence-corrected chi connectivity index (χ1v) is 7.82. The van der Waals surface area contributed by atoms with Crippen LogP contribution in [0, 0.1) is 20.8 Å². The van der Waals surface area contributed by atoms with Gasteiger partial charge in [0.05, 0.1) is 12.6 Å². The van der Waals surface area contributed by atoms with E-state index in [0.29, 0.717) is 12.6 Å². The van der Waals surface area contributed by atoms with Crippen molar-refractivity contribution >= 4 is 17.5 Å². The monoisotopic (exact) mass is 314 g/mol. The minimum Gasteiger partial charge on any atom is -0.383 e. The van der Waals surface area contributed by atoms with Crippen molar-refractivity contribution in [2.24, 2.45) is 0 Å². The smallest absolute Gasteiger partial charge is 0.227 e. The minimum absolute atomic E-state index is 0.205. The first-order chi connectivity index (χ1) is 10.9. The number of aromatic nitrogens is 2. The van der Waals surface area contributed by atoms with E-state index in [2.05, 4.69) is 54.3 Å². The lowest BCUT2D eigenvalue weighted by molar-refractivity contribution is 0.183. The highest BCUT2D eigenvalue weighted by atomic mass is 16.5. The Morgan fingerprint density at radius 2 is 1.74 bits per heavy atom. The summed E-state index contributed by atoms with van der Waals surface area (Å²) in [4.78, 5) is 11.2. The van der Waals surface area contributed by atoms with Gasteiger partial charge >= 0.3 is 0 Å². The van der Waals surface area contributed by atoms with Crippen LogP contribution in [-0.2, 0) is 4.74 Å². The van der Waals surface area contributed by atoms with Crippen LogP contribution in [0.25, 0.3) is 0 Å². The summed E-state index contributed by atoms with van der Waals surface area (Å²) in [7, 11) is 3.69. The molecular weight excluding hydrogens is 288 g/mol. The second kappa shape index (κ2) is 7.42. The molecule has 0 aliphatic carbocycles. The molecule has 0 saturated heterocycles. The number of anilines is 3. The molecule has 23 heavy (non-hydrogen) atoms. The fourth-order valence-electron chi connectivity index (χ4n) is 2.52. The molecule has 1 heterocycles. The second-order valence-corrected chi connectivity index (χ2v) is 6.11. The predicted octanol–water partition coefficient (Wildman–Crippen LogP) is 3.62. The number of nitrogens with one attached hydrogen (secondary N) is 1. The number of methoxy groups -OCH3 is 1. The van der Waals surface area contributed by atoms with Crippen molar-refractivity contribution in [3.63, 3.8) is 0 Å². The Balaban J connectivity index is 2.26. The van der Waals surface area contributed by atoms with Crippen LogP contribution in [0.4, 0.5) is 17.5 Å². The van der Waals surface area contributed by atoms with E-state index in [1.807, 2.05) is 24.9 Å². The molecule has 5 heteroatoms. The predicted molar refractivity (Wildman–Crippen MR) is 95.7 cm³/mol. The van der Waals surface area contributed by atoms with Crippen LogP contribution in [0.1, 0.15) is 23.7 Å². The van der Waals surface area contributed by atoms with Gasteiger partial charge in [0.25, 0.3) is 0 Å². The minimum atomic E-state index is 0.205. The zero-order valence-corrected chi connectivity index (χ0v) is 14.8. The third-order valence-corrected chi connectivity index (χ3v) is 3.72. The maximum absolute atomic E-state index is 5.22. The molecule has 1 aromatic heterocycles. The van der Waals surface area contributed by atoms with Crippen LogP contribution in [0.5, 0.6) is 0 Å². The Labute approximate surface area is 138 Å². The molecule has 1 aromatic carbocycles. The molecule has 1 unspecified atom stereocenters. The Hall–Kier alpha value is -2.14. The number of benzene rings is 1. The van der Waals surface area contributed by atoms with Gasteiger partial charge in [0.15, 0.2) is 0 Å². The van der Waals surface area contributed by atoms with Crippen molar-refractivity contribution in [3.8, 4) is 0 Å². The number of ether oxygens (including phenoxy) is 1. The van der Waals surface area contributed by atoms with Gasteiger partial charge in [-0.3, -0.25) is 0 Å². The number of hydrogen-bond donors (Lipinski definition) is 1. The highest BCUT2D eigenvalue weighted by Crippen LogP contribution is 2.21. The Bertz CT molecular complexity index is 652. The summed E-state index contributed by atoms with van der Waals surface area (Å²) in [6.07, 6.45) is 0. The molecule has 0 saturated carbocycles. The number of hydrogen-bond acceptors (Lipinski definition) is 5. The van der Waals surface area contributed by atoms with Crippen LogP contribution in [-0.4, -0.2) is 36.8 Å². The third kappa shape index (κ3) is 4.66. The summed E-state index contributed by atoms with van der Waals surface area (Å²) in [5.74, 6) is 1.50. The lowest BCUT2D eigenvalue weighted by Crippen LogP contribution is -2.34. The molecule has 1 atom stereocenters. The number of likely N-dealkylation sites (N-methyl/N-ethyl adjacent to an activating group) is 1. The molecule has 0 spiro atoms. The fraction of sp³-hybridized carbons (Fsp3) is 0.444. The number of nitrogens with zero attached hydrogens (tertiary/aromatic N) is 3. The van der Waals surface area contributed by atoms with E-state index < -0.39 is 0 Å². The van der Waals surface area contributed by atoms with Crippen LogP contribution in [0.15, 0.2) is 24.3 Å². The molecule has 0 aliphatic rings. The standard InChI is InChI=1S/C18H26N4O/c1-12-7-13(2)9-16(8-12)20-17-10-14(3)19-18(21-17)22(5)15(4)11-23-6/h7-10,15H,11H2,1-6H3,(H,19,20,21). The summed E-state index contributed by atoms with van der Waals surface area (Å²) < 4.78 is 5.22. The van der Waals surface area contributed by atoms with Gasteiger partial charge in [-0.25, -0.2) is 4.98 Å². The maximum atomic E-state index is 5.22. The van der Waals surface area contributed by atoms with Crippen molar-refractivity contribution in [3.05, 3.63) is 41.1 Å². The van der Waals surface area contributed by atoms with Crippen molar-refractivity contribution in [1.82, 2.24) is 9.97 Å². The van der Waals surface area contributed by atoms with Crippen LogP contribution in [0.2, 0.25) is 0 Å². The van der Waals surface area contributed by atoms with E-state index in [-0.39, 0.29) is 6.04 Å². The van der Waals surface area contributed by atoms with Crippen molar-refractivity contribution in [2.75, 3.05) is 31.0 Å². The summed E-state index contributed by atoms with van der Waals surface area (Å²) in [5, 5.41) is 3.38. The normalized spacial score (nSPS) is 12.1. The van der Waals surface area contributed by atoms with Gasteiger partial charge in [0.1, 0.15) is 5.82 Å². The lowest BCUT2D eigenvalue weighted by atomic mass is 10.1. The maximum Gasteiger partial charge on any atom is 0.227 e. The van der Waals surface area contributed by atoms with Gasteiger partial charge < -0.3 is 15.0 Å². The van der Waals surface area contributed by atoms with Gasteiger partial charge in [-0.2, -0.15) is 4.98 Å². The average molecular weight is 314 g/mol. The van der Waals surface area contributed by atoms with Gasteiger partial charge in [-0.15, -0.1) is 0 Å². The van der Waals surface area contributed by atoms with E-state index in [0.717, 1.165) is 17.2 Å². The number of aryl methyl sites for hydroxylation is 3. The van der Waals surface area contributed by atoms with E-state index in [1.165, 1.54) is 11.1 Å². The highest BCUT2D eigenvalue weighted by molar-refractivity contribution is 5.59. The van der Waals surface area contributed by atoms with E-state index in [4.69, 9.17) is 4.74 Å². The largest absolute Gasteiger partial charge is 0.383 e. The molecule has 0 bridgehead atoms. The first kappa shape index (κ1) is 17.2. The first-order valence-electron chi connectivity index (χ1n) is 7.82. The van der Waals surface area contributed by atoms with Crippen molar-refractivity contribution in [1.29, 1.82) is 0 Å². The van der Waals surface area contributed by atoms with Gasteiger partial charge in [-0.05, 0) is 51.0 Å². The fourth-order valence-corrected chi connectivity index (χ4v) is 2.52. The van der Waals surface area contributed by atoms with E-state index >= 15 is 0 Å². The Morgan fingerprint density at radius 1 is 1.09 bits per heavy atom. The zero-order chi connectivity index (χ0) is 17.0. The molecule has 124 valence electrons. The van der Waals surface area contributed by atoms with Crippen molar-refractivity contribution in [2.45, 2.75) is 33.7 Å². The lowest BCUT2D eigenvalue weighted by Gasteiger charge is -2.25. The molecule has 2 rings (SSSR count). The molecule has 0 fully saturated rings. The highest BCUT2D eigenvalue weighted by Gasteiger charge is 2.14. The zero-order valence-electron chi connectivity index (χ0n) is 14.8. The third-order valence-electron chi connectivity index (χ3n) is 3.72. The summed E-state index contributed by atoms with van der Waals surface area (Å²) in [5.41, 5.74) is 4.42. The average Bonchev–Trinajstić information content (AvgIpc) is 2.44. The molecule has 5 nitrogen and oxygen atoms in total. The molecule has 0 amide bonds. The van der Waals surface area contributed by atoms with Crippen LogP contribution >= 0.6 is 0 Å². The summed E-state index contributed by atoms with van der Waals surface area (Å²) in [6.45, 7) is 8.89. The van der Waals surface area contributed by atoms with E-state index in [9.17, 15) is 0 Å². The topological polar surface area (TPSA) is 50.3 Å². The molecule has 1 N–H and O–H groups in total. The van der Waals surface area contributed by atoms with Crippen LogP contribution in [0.3, 0.4) is 0 Å². The quantitative estimate of drug-likeness (QED) is 0.882.